The number of benzene rings is 1. The predicted molar refractivity (Wildman–Crippen MR) is 72.7 cm³/mol. The lowest BCUT2D eigenvalue weighted by molar-refractivity contribution is -0.136. The van der Waals surface area contributed by atoms with Gasteiger partial charge in [0.05, 0.1) is 17.1 Å². The van der Waals surface area contributed by atoms with Gasteiger partial charge in [0.25, 0.3) is 0 Å². The summed E-state index contributed by atoms with van der Waals surface area (Å²) in [4.78, 5) is 14.8. The molecular formula is C12H9Cl2NO2S. The Morgan fingerprint density at radius 1 is 1.33 bits per heavy atom. The van der Waals surface area contributed by atoms with Gasteiger partial charge in [0, 0.05) is 21.8 Å². The van der Waals surface area contributed by atoms with Gasteiger partial charge in [-0.25, -0.2) is 4.98 Å². The Kier molecular flexibility index (Phi) is 4.22. The van der Waals surface area contributed by atoms with Crippen LogP contribution in [-0.4, -0.2) is 16.1 Å². The molecule has 0 fully saturated rings. The monoisotopic (exact) mass is 301 g/mol. The molecule has 18 heavy (non-hydrogen) atoms. The van der Waals surface area contributed by atoms with Crippen LogP contribution in [0, 0.1) is 0 Å². The van der Waals surface area contributed by atoms with Crippen LogP contribution in [0.25, 0.3) is 0 Å². The van der Waals surface area contributed by atoms with Crippen molar-refractivity contribution in [2.45, 2.75) is 12.8 Å². The highest BCUT2D eigenvalue weighted by atomic mass is 35.5. The molecule has 0 atom stereocenters. The lowest BCUT2D eigenvalue weighted by atomic mass is 10.1. The van der Waals surface area contributed by atoms with Crippen molar-refractivity contribution in [1.82, 2.24) is 4.98 Å². The molecule has 0 aliphatic heterocycles. The fourth-order valence-corrected chi connectivity index (χ4v) is 2.86. The first-order valence-corrected chi connectivity index (χ1v) is 6.78. The zero-order valence-electron chi connectivity index (χ0n) is 9.19. The third kappa shape index (κ3) is 3.22. The number of hydrogen-bond donors (Lipinski definition) is 1. The highest BCUT2D eigenvalue weighted by Crippen LogP contribution is 2.27. The molecule has 0 saturated heterocycles. The molecule has 3 nitrogen and oxygen atoms in total. The second kappa shape index (κ2) is 5.69. The average Bonchev–Trinajstić information content (AvgIpc) is 2.70. The van der Waals surface area contributed by atoms with Gasteiger partial charge in [-0.1, -0.05) is 29.3 Å². The number of rotatable bonds is 4. The second-order valence-electron chi connectivity index (χ2n) is 3.68. The molecule has 0 bridgehead atoms. The van der Waals surface area contributed by atoms with E-state index in [-0.39, 0.29) is 6.42 Å². The Morgan fingerprint density at radius 2 is 2.00 bits per heavy atom. The van der Waals surface area contributed by atoms with E-state index in [9.17, 15) is 4.79 Å². The fraction of sp³-hybridized carbons (Fsp3) is 0.167. The van der Waals surface area contributed by atoms with Crippen LogP contribution in [0.15, 0.2) is 23.6 Å². The van der Waals surface area contributed by atoms with E-state index in [0.717, 1.165) is 10.6 Å². The van der Waals surface area contributed by atoms with Crippen molar-refractivity contribution < 1.29 is 9.90 Å². The molecule has 6 heteroatoms. The number of halogens is 2. The summed E-state index contributed by atoms with van der Waals surface area (Å²) in [5.41, 5.74) is 1.38. The van der Waals surface area contributed by atoms with Gasteiger partial charge in [0.2, 0.25) is 0 Å². The minimum Gasteiger partial charge on any atom is -0.481 e. The van der Waals surface area contributed by atoms with E-state index in [4.69, 9.17) is 28.3 Å². The molecule has 0 spiro atoms. The number of nitrogens with zero attached hydrogens (tertiary/aromatic N) is 1. The Morgan fingerprint density at radius 3 is 2.61 bits per heavy atom. The number of carboxylic acid groups (broad SMARTS) is 1. The lowest BCUT2D eigenvalue weighted by Crippen LogP contribution is -2.00. The first-order valence-electron chi connectivity index (χ1n) is 5.14. The maximum atomic E-state index is 10.6. The quantitative estimate of drug-likeness (QED) is 0.937. The van der Waals surface area contributed by atoms with Gasteiger partial charge in [-0.3, -0.25) is 4.79 Å². The van der Waals surface area contributed by atoms with Gasteiger partial charge in [-0.15, -0.1) is 11.3 Å². The Labute approximate surface area is 118 Å². The molecule has 1 heterocycles. The third-order valence-electron chi connectivity index (χ3n) is 2.32. The number of aliphatic carboxylic acids is 1. The van der Waals surface area contributed by atoms with Crippen LogP contribution in [0.5, 0.6) is 0 Å². The van der Waals surface area contributed by atoms with Crippen LogP contribution in [0.4, 0.5) is 0 Å². The van der Waals surface area contributed by atoms with E-state index in [0.29, 0.717) is 22.2 Å². The standard InChI is InChI=1S/C12H9Cl2NO2S/c13-9-2-1-3-10(14)8(9)5-11-15-7(6-18-11)4-12(16)17/h1-3,6H,4-5H2,(H,16,17). The smallest absolute Gasteiger partial charge is 0.309 e. The van der Waals surface area contributed by atoms with E-state index in [1.54, 1.807) is 23.6 Å². The number of thiazole rings is 1. The molecule has 1 N–H and O–H groups in total. The lowest BCUT2D eigenvalue weighted by Gasteiger charge is -2.04. The van der Waals surface area contributed by atoms with Crippen LogP contribution in [0.2, 0.25) is 10.0 Å². The second-order valence-corrected chi connectivity index (χ2v) is 5.44. The minimum atomic E-state index is -0.886. The van der Waals surface area contributed by atoms with Crippen molar-refractivity contribution in [1.29, 1.82) is 0 Å². The topological polar surface area (TPSA) is 50.2 Å². The Balaban J connectivity index is 2.19. The molecule has 0 radical (unpaired) electrons. The van der Waals surface area contributed by atoms with Crippen LogP contribution in [0.1, 0.15) is 16.3 Å². The first-order chi connectivity index (χ1) is 8.56. The molecule has 0 saturated carbocycles. The Bertz CT molecular complexity index is 563. The molecule has 1 aromatic heterocycles. The van der Waals surface area contributed by atoms with Crippen molar-refractivity contribution in [2.75, 3.05) is 0 Å². The zero-order valence-corrected chi connectivity index (χ0v) is 11.5. The number of carboxylic acids is 1. The fourth-order valence-electron chi connectivity index (χ4n) is 1.52. The first kappa shape index (κ1) is 13.3. The minimum absolute atomic E-state index is 0.0627. The number of carbonyl (C=O) groups is 1. The van der Waals surface area contributed by atoms with E-state index in [1.807, 2.05) is 0 Å². The van der Waals surface area contributed by atoms with Crippen LogP contribution in [0.3, 0.4) is 0 Å². The van der Waals surface area contributed by atoms with Crippen molar-refractivity contribution in [3.8, 4) is 0 Å². The summed E-state index contributed by atoms with van der Waals surface area (Å²) in [5, 5.41) is 12.4. The number of hydrogen-bond acceptors (Lipinski definition) is 3. The molecule has 94 valence electrons. The van der Waals surface area contributed by atoms with Crippen molar-refractivity contribution in [2.24, 2.45) is 0 Å². The van der Waals surface area contributed by atoms with E-state index >= 15 is 0 Å². The van der Waals surface area contributed by atoms with Gasteiger partial charge < -0.3 is 5.11 Å². The van der Waals surface area contributed by atoms with Crippen LogP contribution < -0.4 is 0 Å². The van der Waals surface area contributed by atoms with Crippen LogP contribution >= 0.6 is 34.5 Å². The molecule has 0 aliphatic rings. The maximum absolute atomic E-state index is 10.6. The summed E-state index contributed by atoms with van der Waals surface area (Å²) in [6, 6.07) is 5.33. The summed E-state index contributed by atoms with van der Waals surface area (Å²) in [7, 11) is 0. The van der Waals surface area contributed by atoms with Gasteiger partial charge in [-0.05, 0) is 17.7 Å². The van der Waals surface area contributed by atoms with Gasteiger partial charge in [0.1, 0.15) is 0 Å². The van der Waals surface area contributed by atoms with E-state index in [2.05, 4.69) is 4.98 Å². The SMILES string of the molecule is O=C(O)Cc1csc(Cc2c(Cl)cccc2Cl)n1. The molecule has 0 unspecified atom stereocenters. The van der Waals surface area contributed by atoms with Crippen molar-refractivity contribution >= 4 is 40.5 Å². The third-order valence-corrected chi connectivity index (χ3v) is 3.93. The van der Waals surface area contributed by atoms with Gasteiger partial charge in [0.15, 0.2) is 0 Å². The highest BCUT2D eigenvalue weighted by Gasteiger charge is 2.10. The largest absolute Gasteiger partial charge is 0.481 e. The predicted octanol–water partition coefficient (Wildman–Crippen LogP) is 3.67. The molecule has 0 amide bonds. The maximum Gasteiger partial charge on any atom is 0.309 e. The van der Waals surface area contributed by atoms with Crippen molar-refractivity contribution in [3.63, 3.8) is 0 Å². The molecule has 0 aliphatic carbocycles. The zero-order chi connectivity index (χ0) is 13.1. The number of aromatic nitrogens is 1. The van der Waals surface area contributed by atoms with E-state index in [1.165, 1.54) is 11.3 Å². The molecule has 2 rings (SSSR count). The molecular weight excluding hydrogens is 293 g/mol. The van der Waals surface area contributed by atoms with E-state index < -0.39 is 5.97 Å². The highest BCUT2D eigenvalue weighted by molar-refractivity contribution is 7.09. The summed E-state index contributed by atoms with van der Waals surface area (Å²) >= 11 is 13.5. The Hall–Kier alpha value is -1.10. The van der Waals surface area contributed by atoms with Gasteiger partial charge >= 0.3 is 5.97 Å². The van der Waals surface area contributed by atoms with Crippen LogP contribution in [-0.2, 0) is 17.6 Å². The summed E-state index contributed by atoms with van der Waals surface area (Å²) in [5.74, 6) is -0.886. The van der Waals surface area contributed by atoms with Crippen molar-refractivity contribution in [3.05, 3.63) is 49.9 Å². The summed E-state index contributed by atoms with van der Waals surface area (Å²) in [6.07, 6.45) is 0.454. The molecule has 1 aromatic carbocycles. The average molecular weight is 302 g/mol. The summed E-state index contributed by atoms with van der Waals surface area (Å²) < 4.78 is 0. The van der Waals surface area contributed by atoms with Gasteiger partial charge in [-0.2, -0.15) is 0 Å². The normalized spacial score (nSPS) is 10.6. The summed E-state index contributed by atoms with van der Waals surface area (Å²) in [6.45, 7) is 0. The molecule has 2 aromatic rings.